The van der Waals surface area contributed by atoms with E-state index in [1.54, 1.807) is 11.8 Å². The van der Waals surface area contributed by atoms with Crippen LogP contribution in [0.3, 0.4) is 0 Å². The summed E-state index contributed by atoms with van der Waals surface area (Å²) in [6, 6.07) is 10.8. The third-order valence-electron chi connectivity index (χ3n) is 8.05. The maximum Gasteiger partial charge on any atom is 0.331 e. The Morgan fingerprint density at radius 2 is 1.79 bits per heavy atom. The molecule has 0 spiro atoms. The van der Waals surface area contributed by atoms with Crippen LogP contribution in [-0.2, 0) is 28.6 Å². The van der Waals surface area contributed by atoms with E-state index < -0.39 is 33.9 Å². The molecule has 3 heterocycles. The van der Waals surface area contributed by atoms with Gasteiger partial charge in [0.05, 0.1) is 16.6 Å². The van der Waals surface area contributed by atoms with E-state index in [0.717, 1.165) is 32.9 Å². The minimum atomic E-state index is -1.32. The first-order chi connectivity index (χ1) is 20.5. The fourth-order valence-corrected chi connectivity index (χ4v) is 6.90. The summed E-state index contributed by atoms with van der Waals surface area (Å²) in [4.78, 5) is 56.8. The molecule has 43 heavy (non-hydrogen) atoms. The van der Waals surface area contributed by atoms with Crippen LogP contribution in [0.5, 0.6) is 0 Å². The maximum atomic E-state index is 14.3. The molecule has 0 bridgehead atoms. The molecule has 0 aliphatic carbocycles. The molecule has 2 aliphatic heterocycles. The van der Waals surface area contributed by atoms with Crippen molar-refractivity contribution in [2.45, 2.75) is 44.8 Å². The number of urea groups is 1. The van der Waals surface area contributed by atoms with Gasteiger partial charge in [0.2, 0.25) is 5.91 Å². The number of rotatable bonds is 7. The first-order valence-corrected chi connectivity index (χ1v) is 16.2. The van der Waals surface area contributed by atoms with E-state index >= 15 is 0 Å². The number of aromatic nitrogens is 2. The van der Waals surface area contributed by atoms with Crippen molar-refractivity contribution in [2.24, 2.45) is 0 Å². The second-order valence-electron chi connectivity index (χ2n) is 11.0. The quantitative estimate of drug-likeness (QED) is 0.430. The second kappa shape index (κ2) is 12.8. The number of carbonyl (C=O) groups is 2. The van der Waals surface area contributed by atoms with Crippen molar-refractivity contribution in [1.82, 2.24) is 18.9 Å². The average Bonchev–Trinajstić information content (AvgIpc) is 3.14. The Morgan fingerprint density at radius 3 is 2.51 bits per heavy atom. The molecule has 2 aliphatic rings. The van der Waals surface area contributed by atoms with Crippen molar-refractivity contribution in [3.63, 3.8) is 0 Å². The molecule has 5 rings (SSSR count). The summed E-state index contributed by atoms with van der Waals surface area (Å²) in [5, 5.41) is 2.71. The van der Waals surface area contributed by atoms with E-state index in [9.17, 15) is 27.8 Å². The van der Waals surface area contributed by atoms with E-state index in [0.29, 0.717) is 32.5 Å². The summed E-state index contributed by atoms with van der Waals surface area (Å²) in [6.45, 7) is 2.59. The van der Waals surface area contributed by atoms with Gasteiger partial charge in [0.25, 0.3) is 5.56 Å². The highest BCUT2D eigenvalue weighted by Crippen LogP contribution is 2.28. The molecular formula is C30H33ClFN5O5S. The molecule has 1 unspecified atom stereocenters. The number of hydrogen-bond acceptors (Lipinski definition) is 5. The molecule has 228 valence electrons. The van der Waals surface area contributed by atoms with E-state index in [-0.39, 0.29) is 46.4 Å². The second-order valence-corrected chi connectivity index (χ2v) is 12.8. The van der Waals surface area contributed by atoms with Gasteiger partial charge in [-0.2, -0.15) is 0 Å². The Morgan fingerprint density at radius 1 is 1.07 bits per heavy atom. The van der Waals surface area contributed by atoms with E-state index in [4.69, 9.17) is 11.6 Å². The zero-order valence-corrected chi connectivity index (χ0v) is 25.5. The number of carbonyl (C=O) groups excluding carboxylic acids is 2. The first kappa shape index (κ1) is 30.7. The fraction of sp³-hybridized carbons (Fsp3) is 0.400. The summed E-state index contributed by atoms with van der Waals surface area (Å²) in [5.41, 5.74) is 0.493. The zero-order chi connectivity index (χ0) is 30.8. The molecule has 0 saturated carbocycles. The highest BCUT2D eigenvalue weighted by atomic mass is 35.5. The van der Waals surface area contributed by atoms with Crippen LogP contribution in [0.4, 0.5) is 14.9 Å². The SMILES string of the molecule is C[C@H](CS(C)=O)n1c(=O)c(-c2cccc(F)c2Cl)cn(CC(=O)N2CCC(N3CCc4ccccc4NC3=O)CC2)c1=O. The molecule has 1 aromatic heterocycles. The lowest BCUT2D eigenvalue weighted by molar-refractivity contribution is -0.133. The van der Waals surface area contributed by atoms with E-state index in [1.807, 2.05) is 29.2 Å². The van der Waals surface area contributed by atoms with Crippen LogP contribution in [0.2, 0.25) is 5.02 Å². The monoisotopic (exact) mass is 629 g/mol. The third kappa shape index (κ3) is 6.45. The number of nitrogens with zero attached hydrogens (tertiary/aromatic N) is 4. The van der Waals surface area contributed by atoms with Crippen LogP contribution in [0.25, 0.3) is 11.1 Å². The number of likely N-dealkylation sites (tertiary alicyclic amines) is 1. The third-order valence-corrected chi connectivity index (χ3v) is 9.39. The Bertz CT molecular complexity index is 1700. The number of piperidine rings is 1. The Labute approximate surface area is 255 Å². The van der Waals surface area contributed by atoms with E-state index in [1.165, 1.54) is 24.6 Å². The van der Waals surface area contributed by atoms with Crippen LogP contribution in [0, 0.1) is 5.82 Å². The molecule has 3 aromatic rings. The number of fused-ring (bicyclic) bond motifs is 1. The lowest BCUT2D eigenvalue weighted by Crippen LogP contribution is -2.51. The van der Waals surface area contributed by atoms with Gasteiger partial charge in [-0.05, 0) is 43.9 Å². The zero-order valence-electron chi connectivity index (χ0n) is 23.9. The van der Waals surface area contributed by atoms with E-state index in [2.05, 4.69) is 5.32 Å². The van der Waals surface area contributed by atoms with Crippen LogP contribution in [-0.4, -0.2) is 72.8 Å². The van der Waals surface area contributed by atoms with Gasteiger partial charge in [0.15, 0.2) is 0 Å². The van der Waals surface area contributed by atoms with Crippen molar-refractivity contribution >= 4 is 40.0 Å². The fourth-order valence-electron chi connectivity index (χ4n) is 5.84. The van der Waals surface area contributed by atoms with Gasteiger partial charge in [0, 0.05) is 65.9 Å². The Kier molecular flexibility index (Phi) is 9.16. The van der Waals surface area contributed by atoms with Gasteiger partial charge in [-0.15, -0.1) is 0 Å². The molecule has 1 N–H and O–H groups in total. The number of hydrogen-bond donors (Lipinski definition) is 1. The van der Waals surface area contributed by atoms with Gasteiger partial charge >= 0.3 is 11.7 Å². The number of halogens is 2. The predicted molar refractivity (Wildman–Crippen MR) is 164 cm³/mol. The Balaban J connectivity index is 1.35. The highest BCUT2D eigenvalue weighted by Gasteiger charge is 2.32. The largest absolute Gasteiger partial charge is 0.341 e. The lowest BCUT2D eigenvalue weighted by Gasteiger charge is -2.38. The molecule has 1 saturated heterocycles. The smallest absolute Gasteiger partial charge is 0.331 e. The number of para-hydroxylation sites is 1. The summed E-state index contributed by atoms with van der Waals surface area (Å²) in [7, 11) is -1.32. The minimum absolute atomic E-state index is 0.0338. The average molecular weight is 630 g/mol. The first-order valence-electron chi connectivity index (χ1n) is 14.1. The van der Waals surface area contributed by atoms with Gasteiger partial charge in [0.1, 0.15) is 12.4 Å². The molecule has 1 fully saturated rings. The summed E-state index contributed by atoms with van der Waals surface area (Å²) in [6.07, 6.45) is 4.59. The summed E-state index contributed by atoms with van der Waals surface area (Å²) >= 11 is 6.19. The molecule has 3 amide bonds. The van der Waals surface area contributed by atoms with Crippen molar-refractivity contribution < 1.29 is 18.2 Å². The molecule has 10 nitrogen and oxygen atoms in total. The molecule has 0 radical (unpaired) electrons. The van der Waals surface area contributed by atoms with Crippen molar-refractivity contribution in [2.75, 3.05) is 37.0 Å². The summed E-state index contributed by atoms with van der Waals surface area (Å²) < 4.78 is 28.3. The van der Waals surface area contributed by atoms with Crippen LogP contribution < -0.4 is 16.6 Å². The Hall–Kier alpha value is -3.77. The topological polar surface area (TPSA) is 114 Å². The predicted octanol–water partition coefficient (Wildman–Crippen LogP) is 3.49. The standard InChI is InChI=1S/C30H33ClFN5O5S/c1-19(18-43(2)42)37-28(39)23(22-7-5-8-24(32)27(22)31)16-35(30(37)41)17-26(38)34-13-11-21(12-14-34)36-15-10-20-6-3-4-9-25(20)33-29(36)40/h3-9,16,19,21H,10-15,17-18H2,1-2H3,(H,33,40)/t19-,43?/m1/s1. The van der Waals surface area contributed by atoms with Gasteiger partial charge in [-0.1, -0.05) is 41.9 Å². The maximum absolute atomic E-state index is 14.3. The van der Waals surface area contributed by atoms with Gasteiger partial charge in [-0.3, -0.25) is 22.9 Å². The minimum Gasteiger partial charge on any atom is -0.341 e. The number of nitrogens with one attached hydrogen (secondary N) is 1. The number of anilines is 1. The molecule has 2 atom stereocenters. The van der Waals surface area contributed by atoms with Crippen LogP contribution in [0.1, 0.15) is 31.4 Å². The van der Waals surface area contributed by atoms with Gasteiger partial charge in [-0.25, -0.2) is 14.0 Å². The van der Waals surface area contributed by atoms with Crippen LogP contribution >= 0.6 is 11.6 Å². The van der Waals surface area contributed by atoms with Crippen molar-refractivity contribution in [3.8, 4) is 11.1 Å². The number of benzene rings is 2. The normalized spacial score (nSPS) is 17.2. The number of amides is 3. The van der Waals surface area contributed by atoms with Crippen molar-refractivity contribution in [3.05, 3.63) is 85.9 Å². The lowest BCUT2D eigenvalue weighted by atomic mass is 10.0. The van der Waals surface area contributed by atoms with Crippen molar-refractivity contribution in [1.29, 1.82) is 0 Å². The molecule has 13 heteroatoms. The molecule has 2 aromatic carbocycles. The van der Waals surface area contributed by atoms with Gasteiger partial charge < -0.3 is 15.1 Å². The highest BCUT2D eigenvalue weighted by molar-refractivity contribution is 7.84. The molecular weight excluding hydrogens is 597 g/mol. The van der Waals surface area contributed by atoms with Crippen LogP contribution in [0.15, 0.2) is 58.3 Å². The summed E-state index contributed by atoms with van der Waals surface area (Å²) in [5.74, 6) is -1.03.